The summed E-state index contributed by atoms with van der Waals surface area (Å²) in [4.78, 5) is 18.6. The second-order valence-corrected chi connectivity index (χ2v) is 7.83. The van der Waals surface area contributed by atoms with Crippen LogP contribution in [-0.4, -0.2) is 42.0 Å². The Morgan fingerprint density at radius 3 is 2.33 bits per heavy atom. The zero-order valence-electron chi connectivity index (χ0n) is 19.5. The van der Waals surface area contributed by atoms with Gasteiger partial charge in [-0.25, -0.2) is 4.98 Å². The number of anilines is 4. The van der Waals surface area contributed by atoms with Crippen LogP contribution in [0.1, 0.15) is 36.2 Å². The van der Waals surface area contributed by atoms with E-state index in [1.54, 1.807) is 0 Å². The van der Waals surface area contributed by atoms with Gasteiger partial charge in [0.15, 0.2) is 0 Å². The number of rotatable bonds is 13. The van der Waals surface area contributed by atoms with Crippen molar-refractivity contribution in [2.45, 2.75) is 26.8 Å². The predicted octanol–water partition coefficient (Wildman–Crippen LogP) is 4.68. The smallest absolute Gasteiger partial charge is 0.252 e. The van der Waals surface area contributed by atoms with Gasteiger partial charge in [-0.15, -0.1) is 0 Å². The molecule has 0 aliphatic carbocycles. The fourth-order valence-electron chi connectivity index (χ4n) is 3.55. The van der Waals surface area contributed by atoms with Crippen molar-refractivity contribution in [1.29, 1.82) is 0 Å². The Balaban J connectivity index is 1.58. The van der Waals surface area contributed by atoms with Crippen molar-refractivity contribution >= 4 is 28.8 Å². The lowest BCUT2D eigenvalue weighted by Gasteiger charge is -2.18. The van der Waals surface area contributed by atoms with E-state index in [1.165, 1.54) is 6.20 Å². The van der Waals surface area contributed by atoms with Gasteiger partial charge in [0.25, 0.3) is 5.91 Å². The van der Waals surface area contributed by atoms with Gasteiger partial charge in [-0.2, -0.15) is 0 Å². The zero-order valence-corrected chi connectivity index (χ0v) is 19.5. The Morgan fingerprint density at radius 2 is 1.67 bits per heavy atom. The maximum atomic E-state index is 11.8. The van der Waals surface area contributed by atoms with Gasteiger partial charge >= 0.3 is 0 Å². The van der Waals surface area contributed by atoms with Crippen molar-refractivity contribution in [1.82, 2.24) is 9.88 Å². The molecule has 2 aromatic carbocycles. The summed E-state index contributed by atoms with van der Waals surface area (Å²) < 4.78 is 0. The fourth-order valence-corrected chi connectivity index (χ4v) is 3.55. The van der Waals surface area contributed by atoms with Crippen LogP contribution in [0.5, 0.6) is 0 Å². The quantitative estimate of drug-likeness (QED) is 0.285. The van der Waals surface area contributed by atoms with Crippen molar-refractivity contribution in [3.05, 3.63) is 78.0 Å². The van der Waals surface area contributed by atoms with Gasteiger partial charge in [-0.1, -0.05) is 44.2 Å². The number of nitrogens with zero attached hydrogens (tertiary/aromatic N) is 2. The molecule has 5 N–H and O–H groups in total. The number of carbonyl (C=O) groups excluding carboxylic acids is 1. The fraction of sp³-hybridized carbons (Fsp3) is 0.308. The van der Waals surface area contributed by atoms with Crippen molar-refractivity contribution in [3.63, 3.8) is 0 Å². The Hall–Kier alpha value is -3.58. The van der Waals surface area contributed by atoms with Crippen molar-refractivity contribution < 1.29 is 4.79 Å². The van der Waals surface area contributed by atoms with Crippen LogP contribution in [0.3, 0.4) is 0 Å². The van der Waals surface area contributed by atoms with E-state index >= 15 is 0 Å². The van der Waals surface area contributed by atoms with E-state index in [4.69, 9.17) is 5.73 Å². The number of nitrogens with two attached hydrogens (primary N) is 1. The van der Waals surface area contributed by atoms with E-state index in [0.717, 1.165) is 49.5 Å². The van der Waals surface area contributed by atoms with E-state index in [-0.39, 0.29) is 0 Å². The highest BCUT2D eigenvalue weighted by Gasteiger charge is 2.11. The van der Waals surface area contributed by atoms with E-state index < -0.39 is 5.91 Å². The van der Waals surface area contributed by atoms with Gasteiger partial charge in [0, 0.05) is 36.7 Å². The van der Waals surface area contributed by atoms with Crippen LogP contribution in [0.25, 0.3) is 0 Å². The van der Waals surface area contributed by atoms with E-state index in [2.05, 4.69) is 39.7 Å². The number of primary amides is 1. The molecular formula is C26H34N6O. The van der Waals surface area contributed by atoms with Gasteiger partial charge in [0.2, 0.25) is 0 Å². The Labute approximate surface area is 196 Å². The predicted molar refractivity (Wildman–Crippen MR) is 137 cm³/mol. The molecule has 0 bridgehead atoms. The molecular weight excluding hydrogens is 412 g/mol. The maximum Gasteiger partial charge on any atom is 0.252 e. The zero-order chi connectivity index (χ0) is 23.5. The lowest BCUT2D eigenvalue weighted by atomic mass is 10.2. The minimum Gasteiger partial charge on any atom is -0.385 e. The van der Waals surface area contributed by atoms with Gasteiger partial charge in [-0.3, -0.25) is 4.79 Å². The summed E-state index contributed by atoms with van der Waals surface area (Å²) in [5.74, 6) is 0.122. The molecule has 33 heavy (non-hydrogen) atoms. The summed E-state index contributed by atoms with van der Waals surface area (Å²) in [6, 6.07) is 19.9. The van der Waals surface area contributed by atoms with E-state index in [9.17, 15) is 4.79 Å². The largest absolute Gasteiger partial charge is 0.385 e. The molecule has 0 spiro atoms. The van der Waals surface area contributed by atoms with Crippen LogP contribution < -0.4 is 21.7 Å². The molecule has 0 saturated carbocycles. The molecule has 174 valence electrons. The first kappa shape index (κ1) is 24.1. The number of hydrogen-bond acceptors (Lipinski definition) is 6. The molecule has 0 unspecified atom stereocenters. The summed E-state index contributed by atoms with van der Waals surface area (Å²) in [5.41, 5.74) is 9.66. The van der Waals surface area contributed by atoms with Crippen molar-refractivity contribution in [3.8, 4) is 0 Å². The number of hydrogen-bond donors (Lipinski definition) is 4. The van der Waals surface area contributed by atoms with Crippen LogP contribution in [0.2, 0.25) is 0 Å². The number of amides is 1. The minimum atomic E-state index is -0.513. The highest BCUT2D eigenvalue weighted by atomic mass is 16.1. The first-order chi connectivity index (χ1) is 16.1. The monoisotopic (exact) mass is 446 g/mol. The molecule has 0 aliphatic heterocycles. The third-order valence-electron chi connectivity index (χ3n) is 5.53. The molecule has 7 heteroatoms. The molecule has 0 saturated heterocycles. The molecule has 0 aliphatic rings. The van der Waals surface area contributed by atoms with E-state index in [1.807, 2.05) is 60.7 Å². The summed E-state index contributed by atoms with van der Waals surface area (Å²) in [7, 11) is 0. The molecule has 0 radical (unpaired) electrons. The van der Waals surface area contributed by atoms with Crippen LogP contribution in [0.4, 0.5) is 22.9 Å². The maximum absolute atomic E-state index is 11.8. The number of nitrogens with one attached hydrogen (secondary N) is 3. The molecule has 1 amide bonds. The average Bonchev–Trinajstić information content (AvgIpc) is 2.84. The van der Waals surface area contributed by atoms with Gasteiger partial charge < -0.3 is 26.6 Å². The number of benzene rings is 2. The molecule has 1 heterocycles. The topological polar surface area (TPSA) is 95.3 Å². The van der Waals surface area contributed by atoms with Crippen LogP contribution in [-0.2, 0) is 6.54 Å². The van der Waals surface area contributed by atoms with Gasteiger partial charge in [0.1, 0.15) is 5.82 Å². The summed E-state index contributed by atoms with van der Waals surface area (Å²) in [5, 5.41) is 10.1. The third kappa shape index (κ3) is 7.50. The number of aromatic nitrogens is 1. The van der Waals surface area contributed by atoms with Crippen LogP contribution >= 0.6 is 0 Å². The Bertz CT molecular complexity index is 1000. The van der Waals surface area contributed by atoms with E-state index in [0.29, 0.717) is 23.6 Å². The first-order valence-corrected chi connectivity index (χ1v) is 11.5. The summed E-state index contributed by atoms with van der Waals surface area (Å²) in [6.45, 7) is 9.20. The summed E-state index contributed by atoms with van der Waals surface area (Å²) in [6.07, 6.45) is 2.61. The van der Waals surface area contributed by atoms with Crippen LogP contribution in [0.15, 0.2) is 66.9 Å². The van der Waals surface area contributed by atoms with Gasteiger partial charge in [0.05, 0.1) is 11.3 Å². The van der Waals surface area contributed by atoms with Gasteiger partial charge in [-0.05, 0) is 55.9 Å². The minimum absolute atomic E-state index is 0.362. The third-order valence-corrected chi connectivity index (χ3v) is 5.53. The SMILES string of the molecule is CCN(CC)CCCNc1ccc(Nc2cc(NCc3ccccc3)c(C(N)=O)cn2)cc1. The Kier molecular flexibility index (Phi) is 9.08. The average molecular weight is 447 g/mol. The second-order valence-electron chi connectivity index (χ2n) is 7.83. The highest BCUT2D eigenvalue weighted by molar-refractivity contribution is 5.98. The van der Waals surface area contributed by atoms with Crippen LogP contribution in [0, 0.1) is 0 Å². The molecule has 3 rings (SSSR count). The molecule has 7 nitrogen and oxygen atoms in total. The lowest BCUT2D eigenvalue weighted by Crippen LogP contribution is -2.25. The second kappa shape index (κ2) is 12.5. The first-order valence-electron chi connectivity index (χ1n) is 11.5. The standard InChI is InChI=1S/C26H34N6O/c1-3-32(4-2)16-8-15-28-21-11-13-22(14-12-21)31-25-17-24(23(19-30-25)26(27)33)29-18-20-9-6-5-7-10-20/h5-7,9-14,17,19,28H,3-4,8,15-16,18H2,1-2H3,(H2,27,33)(H2,29,30,31). The van der Waals surface area contributed by atoms with Crippen molar-refractivity contribution in [2.24, 2.45) is 5.73 Å². The van der Waals surface area contributed by atoms with Crippen molar-refractivity contribution in [2.75, 3.05) is 42.1 Å². The molecule has 0 atom stereocenters. The summed E-state index contributed by atoms with van der Waals surface area (Å²) >= 11 is 0. The Morgan fingerprint density at radius 1 is 0.970 bits per heavy atom. The lowest BCUT2D eigenvalue weighted by molar-refractivity contribution is 0.100. The number of carbonyl (C=O) groups is 1. The molecule has 1 aromatic heterocycles. The normalized spacial score (nSPS) is 10.8. The molecule has 3 aromatic rings. The number of pyridine rings is 1. The highest BCUT2D eigenvalue weighted by Crippen LogP contribution is 2.23. The molecule has 0 fully saturated rings.